The molecule has 3 heteroatoms. The predicted molar refractivity (Wildman–Crippen MR) is 128 cm³/mol. The van der Waals surface area contributed by atoms with Crippen LogP contribution >= 0.6 is 0 Å². The molecule has 1 unspecified atom stereocenters. The second-order valence-corrected chi connectivity index (χ2v) is 12.9. The Morgan fingerprint density at radius 1 is 0.969 bits per heavy atom. The van der Waals surface area contributed by atoms with E-state index in [1.54, 1.807) is 0 Å². The molecular formula is C29H48O3. The Balaban J connectivity index is 1.25. The molecule has 0 spiro atoms. The zero-order valence-corrected chi connectivity index (χ0v) is 21.0. The molecule has 0 aromatic rings. The van der Waals surface area contributed by atoms with E-state index in [1.165, 1.54) is 70.6 Å². The van der Waals surface area contributed by atoms with E-state index in [9.17, 15) is 4.79 Å². The van der Waals surface area contributed by atoms with Crippen LogP contribution in [-0.4, -0.2) is 25.3 Å². The Kier molecular flexibility index (Phi) is 6.80. The number of rotatable bonds is 6. The third kappa shape index (κ3) is 4.02. The third-order valence-electron chi connectivity index (χ3n) is 11.6. The van der Waals surface area contributed by atoms with Gasteiger partial charge in [0.2, 0.25) is 0 Å². The predicted octanol–water partition coefficient (Wildman–Crippen LogP) is 7.17. The largest absolute Gasteiger partial charge is 0.353 e. The second-order valence-electron chi connectivity index (χ2n) is 12.9. The quantitative estimate of drug-likeness (QED) is 0.322. The molecule has 4 aliphatic carbocycles. The zero-order valence-electron chi connectivity index (χ0n) is 21.0. The Bertz CT molecular complexity index is 657. The molecule has 1 heterocycles. The first kappa shape index (κ1) is 23.3. The van der Waals surface area contributed by atoms with Crippen LogP contribution in [0.4, 0.5) is 0 Å². The van der Waals surface area contributed by atoms with Crippen molar-refractivity contribution in [3.63, 3.8) is 0 Å². The number of carbonyl (C=O) groups excluding carboxylic acids is 1. The van der Waals surface area contributed by atoms with Gasteiger partial charge in [-0.2, -0.15) is 0 Å². The topological polar surface area (TPSA) is 35.5 Å². The standard InChI is InChI=1S/C29H48O3/c1-20(7-6-17-30)24-11-12-25-23-10-9-21-19-22(32-27-8-4-5-18-31-27)13-15-28(21,2)26(23)14-16-29(24,25)3/h17,20-27H,4-16,18-19H2,1-3H3/t20-,21-,22-,23+,24-,25+,26+,27?,28+,29-/m1/s1. The third-order valence-corrected chi connectivity index (χ3v) is 11.6. The van der Waals surface area contributed by atoms with Crippen molar-refractivity contribution < 1.29 is 14.3 Å². The molecule has 0 bridgehead atoms. The molecule has 1 aliphatic heterocycles. The van der Waals surface area contributed by atoms with Crippen molar-refractivity contribution in [3.8, 4) is 0 Å². The highest BCUT2D eigenvalue weighted by Crippen LogP contribution is 2.68. The van der Waals surface area contributed by atoms with Gasteiger partial charge in [0.25, 0.3) is 0 Å². The highest BCUT2D eigenvalue weighted by Gasteiger charge is 2.60. The Morgan fingerprint density at radius 3 is 2.56 bits per heavy atom. The molecule has 32 heavy (non-hydrogen) atoms. The Morgan fingerprint density at radius 2 is 1.78 bits per heavy atom. The fourth-order valence-electron chi connectivity index (χ4n) is 9.88. The van der Waals surface area contributed by atoms with Crippen LogP contribution in [0.25, 0.3) is 0 Å². The highest BCUT2D eigenvalue weighted by molar-refractivity contribution is 5.49. The Hall–Kier alpha value is -0.410. The van der Waals surface area contributed by atoms with Crippen molar-refractivity contribution in [2.45, 2.75) is 123 Å². The van der Waals surface area contributed by atoms with Gasteiger partial charge in [-0.15, -0.1) is 0 Å². The van der Waals surface area contributed by atoms with E-state index in [2.05, 4.69) is 20.8 Å². The minimum absolute atomic E-state index is 0.0708. The maximum Gasteiger partial charge on any atom is 0.157 e. The minimum Gasteiger partial charge on any atom is -0.353 e. The summed E-state index contributed by atoms with van der Waals surface area (Å²) in [4.78, 5) is 11.0. The first-order valence-corrected chi connectivity index (χ1v) is 14.2. The van der Waals surface area contributed by atoms with Gasteiger partial charge in [-0.25, -0.2) is 0 Å². The summed E-state index contributed by atoms with van der Waals surface area (Å²) in [5, 5.41) is 0. The molecule has 0 N–H and O–H groups in total. The summed E-state index contributed by atoms with van der Waals surface area (Å²) in [6.07, 6.45) is 19.5. The first-order valence-electron chi connectivity index (χ1n) is 14.2. The van der Waals surface area contributed by atoms with Crippen LogP contribution < -0.4 is 0 Å². The van der Waals surface area contributed by atoms with Crippen LogP contribution in [0.1, 0.15) is 111 Å². The van der Waals surface area contributed by atoms with Crippen molar-refractivity contribution in [2.75, 3.05) is 6.61 Å². The maximum atomic E-state index is 11.0. The van der Waals surface area contributed by atoms with E-state index in [0.717, 1.165) is 61.7 Å². The molecule has 0 radical (unpaired) electrons. The maximum absolute atomic E-state index is 11.0. The van der Waals surface area contributed by atoms with Gasteiger partial charge in [-0.1, -0.05) is 20.8 Å². The molecule has 4 saturated carbocycles. The minimum atomic E-state index is 0.0708. The van der Waals surface area contributed by atoms with Crippen molar-refractivity contribution in [1.29, 1.82) is 0 Å². The summed E-state index contributed by atoms with van der Waals surface area (Å²) in [7, 11) is 0. The average Bonchev–Trinajstić information content (AvgIpc) is 3.16. The summed E-state index contributed by atoms with van der Waals surface area (Å²) in [6.45, 7) is 8.64. The smallest absolute Gasteiger partial charge is 0.157 e. The van der Waals surface area contributed by atoms with Crippen LogP contribution in [0.5, 0.6) is 0 Å². The van der Waals surface area contributed by atoms with Gasteiger partial charge in [0.1, 0.15) is 6.29 Å². The summed E-state index contributed by atoms with van der Waals surface area (Å²) in [5.74, 6) is 5.17. The summed E-state index contributed by atoms with van der Waals surface area (Å²) < 4.78 is 12.4. The van der Waals surface area contributed by atoms with Crippen LogP contribution in [0.3, 0.4) is 0 Å². The van der Waals surface area contributed by atoms with Gasteiger partial charge in [0.15, 0.2) is 6.29 Å². The number of fused-ring (bicyclic) bond motifs is 5. The summed E-state index contributed by atoms with van der Waals surface area (Å²) >= 11 is 0. The van der Waals surface area contributed by atoms with Gasteiger partial charge in [-0.05, 0) is 130 Å². The van der Waals surface area contributed by atoms with E-state index in [-0.39, 0.29) is 6.29 Å². The molecule has 182 valence electrons. The van der Waals surface area contributed by atoms with Gasteiger partial charge in [0, 0.05) is 13.0 Å². The molecule has 5 aliphatic rings. The highest BCUT2D eigenvalue weighted by atomic mass is 16.7. The van der Waals surface area contributed by atoms with Crippen molar-refractivity contribution in [3.05, 3.63) is 0 Å². The zero-order chi connectivity index (χ0) is 22.3. The number of hydrogen-bond donors (Lipinski definition) is 0. The molecule has 0 aromatic heterocycles. The van der Waals surface area contributed by atoms with E-state index < -0.39 is 0 Å². The van der Waals surface area contributed by atoms with E-state index in [0.29, 0.717) is 22.9 Å². The molecule has 5 fully saturated rings. The Labute approximate surface area is 196 Å². The summed E-state index contributed by atoms with van der Waals surface area (Å²) in [5.41, 5.74) is 1.05. The fourth-order valence-corrected chi connectivity index (χ4v) is 9.88. The lowest BCUT2D eigenvalue weighted by Crippen LogP contribution is -2.54. The van der Waals surface area contributed by atoms with Crippen LogP contribution in [0.2, 0.25) is 0 Å². The lowest BCUT2D eigenvalue weighted by atomic mass is 9.44. The molecule has 3 nitrogen and oxygen atoms in total. The normalized spacial score (nSPS) is 49.5. The molecular weight excluding hydrogens is 396 g/mol. The van der Waals surface area contributed by atoms with Gasteiger partial charge < -0.3 is 14.3 Å². The molecule has 1 saturated heterocycles. The van der Waals surface area contributed by atoms with Crippen molar-refractivity contribution in [2.24, 2.45) is 46.3 Å². The van der Waals surface area contributed by atoms with Crippen molar-refractivity contribution in [1.82, 2.24) is 0 Å². The van der Waals surface area contributed by atoms with E-state index in [4.69, 9.17) is 9.47 Å². The number of carbonyl (C=O) groups is 1. The van der Waals surface area contributed by atoms with Gasteiger partial charge >= 0.3 is 0 Å². The van der Waals surface area contributed by atoms with Crippen LogP contribution in [0, 0.1) is 46.3 Å². The lowest BCUT2D eigenvalue weighted by Gasteiger charge is -2.61. The molecule has 10 atom stereocenters. The number of aldehydes is 1. The van der Waals surface area contributed by atoms with Gasteiger partial charge in [-0.3, -0.25) is 0 Å². The molecule has 5 rings (SSSR count). The summed E-state index contributed by atoms with van der Waals surface area (Å²) in [6, 6.07) is 0. The number of ether oxygens (including phenoxy) is 2. The monoisotopic (exact) mass is 444 g/mol. The van der Waals surface area contributed by atoms with Crippen molar-refractivity contribution >= 4 is 6.29 Å². The average molecular weight is 445 g/mol. The van der Waals surface area contributed by atoms with Crippen LogP contribution in [0.15, 0.2) is 0 Å². The van der Waals surface area contributed by atoms with E-state index in [1.807, 2.05) is 0 Å². The molecule has 0 amide bonds. The van der Waals surface area contributed by atoms with E-state index >= 15 is 0 Å². The molecule has 0 aromatic carbocycles. The second kappa shape index (κ2) is 9.33. The van der Waals surface area contributed by atoms with Crippen LogP contribution in [-0.2, 0) is 14.3 Å². The SMILES string of the molecule is C[C@H](CCC=O)[C@H]1CC[C@H]2[C@@H]3CC[C@@H]4C[C@H](OC5CCCCO5)CC[C@]4(C)[C@H]3CC[C@]12C. The lowest BCUT2D eigenvalue weighted by molar-refractivity contribution is -0.212. The fraction of sp³-hybridized carbons (Fsp3) is 0.966. The van der Waals surface area contributed by atoms with Gasteiger partial charge in [0.05, 0.1) is 6.10 Å². The first-order chi connectivity index (χ1) is 15.5. The number of hydrogen-bond acceptors (Lipinski definition) is 3.